The zero-order valence-electron chi connectivity index (χ0n) is 10.6. The Kier molecular flexibility index (Phi) is 4.20. The molecule has 0 bridgehead atoms. The summed E-state index contributed by atoms with van der Waals surface area (Å²) < 4.78 is 0.922. The Morgan fingerprint density at radius 1 is 1.40 bits per heavy atom. The standard InChI is InChI=1S/C14H12BrClN2O2/c1-7-10(15)3-2-4-12(7)18-13-9(14(19)20)5-8(17)6-11(13)16/h2-6,18H,17H2,1H3,(H,19,20). The molecule has 4 nitrogen and oxygen atoms in total. The minimum Gasteiger partial charge on any atom is -0.478 e. The van der Waals surface area contributed by atoms with E-state index in [4.69, 9.17) is 17.3 Å². The van der Waals surface area contributed by atoms with Crippen LogP contribution in [0.1, 0.15) is 15.9 Å². The van der Waals surface area contributed by atoms with Gasteiger partial charge in [0.1, 0.15) is 0 Å². The second kappa shape index (κ2) is 5.73. The number of benzene rings is 2. The normalized spacial score (nSPS) is 10.3. The first-order valence-electron chi connectivity index (χ1n) is 5.74. The van der Waals surface area contributed by atoms with Crippen LogP contribution >= 0.6 is 27.5 Å². The molecule has 0 aromatic heterocycles. The van der Waals surface area contributed by atoms with Gasteiger partial charge >= 0.3 is 5.97 Å². The Hall–Kier alpha value is -1.72. The van der Waals surface area contributed by atoms with Gasteiger partial charge in [-0.05, 0) is 36.8 Å². The zero-order valence-corrected chi connectivity index (χ0v) is 12.9. The molecule has 0 unspecified atom stereocenters. The number of carbonyl (C=O) groups is 1. The highest BCUT2D eigenvalue weighted by molar-refractivity contribution is 9.10. The number of rotatable bonds is 3. The molecule has 0 aliphatic carbocycles. The van der Waals surface area contributed by atoms with Crippen LogP contribution in [0.25, 0.3) is 0 Å². The highest BCUT2D eigenvalue weighted by Crippen LogP contribution is 2.34. The summed E-state index contributed by atoms with van der Waals surface area (Å²) in [5, 5.41) is 12.6. The van der Waals surface area contributed by atoms with E-state index >= 15 is 0 Å². The fourth-order valence-corrected chi connectivity index (χ4v) is 2.44. The molecule has 4 N–H and O–H groups in total. The Bertz CT molecular complexity index is 689. The van der Waals surface area contributed by atoms with Gasteiger partial charge in [0, 0.05) is 15.8 Å². The lowest BCUT2D eigenvalue weighted by atomic mass is 10.1. The Labute approximate surface area is 129 Å². The molecule has 2 aromatic rings. The number of anilines is 3. The highest BCUT2D eigenvalue weighted by Gasteiger charge is 2.16. The molecule has 0 radical (unpaired) electrons. The van der Waals surface area contributed by atoms with E-state index in [1.165, 1.54) is 12.1 Å². The van der Waals surface area contributed by atoms with Gasteiger partial charge in [0.25, 0.3) is 0 Å². The lowest BCUT2D eigenvalue weighted by Crippen LogP contribution is -2.05. The van der Waals surface area contributed by atoms with Crippen LogP contribution in [0.2, 0.25) is 5.02 Å². The van der Waals surface area contributed by atoms with Gasteiger partial charge in [0.05, 0.1) is 16.3 Å². The third kappa shape index (κ3) is 2.89. The van der Waals surface area contributed by atoms with Crippen LogP contribution in [0.5, 0.6) is 0 Å². The molecule has 0 aliphatic heterocycles. The van der Waals surface area contributed by atoms with Crippen molar-refractivity contribution >= 4 is 50.6 Å². The van der Waals surface area contributed by atoms with Crippen LogP contribution in [0.15, 0.2) is 34.8 Å². The van der Waals surface area contributed by atoms with Crippen LogP contribution in [-0.4, -0.2) is 11.1 Å². The molecule has 0 fully saturated rings. The first-order chi connectivity index (χ1) is 9.40. The maximum absolute atomic E-state index is 11.3. The Morgan fingerprint density at radius 3 is 2.75 bits per heavy atom. The average Bonchev–Trinajstić information content (AvgIpc) is 2.37. The zero-order chi connectivity index (χ0) is 14.9. The Balaban J connectivity index is 2.53. The molecule has 0 saturated heterocycles. The number of nitrogens with two attached hydrogens (primary N) is 1. The number of hydrogen-bond acceptors (Lipinski definition) is 3. The molecule has 0 aliphatic rings. The predicted octanol–water partition coefficient (Wildman–Crippen LogP) is 4.43. The average molecular weight is 356 g/mol. The van der Waals surface area contributed by atoms with Gasteiger partial charge in [-0.2, -0.15) is 0 Å². The van der Waals surface area contributed by atoms with Crippen molar-refractivity contribution < 1.29 is 9.90 Å². The largest absolute Gasteiger partial charge is 0.478 e. The van der Waals surface area contributed by atoms with Crippen molar-refractivity contribution in [3.63, 3.8) is 0 Å². The van der Waals surface area contributed by atoms with Crippen LogP contribution in [0, 0.1) is 6.92 Å². The topological polar surface area (TPSA) is 75.3 Å². The molecule has 6 heteroatoms. The van der Waals surface area contributed by atoms with Crippen molar-refractivity contribution in [2.45, 2.75) is 6.92 Å². The Morgan fingerprint density at radius 2 is 2.10 bits per heavy atom. The number of hydrogen-bond donors (Lipinski definition) is 3. The van der Waals surface area contributed by atoms with E-state index in [1.807, 2.05) is 25.1 Å². The molecule has 2 aromatic carbocycles. The number of halogens is 2. The van der Waals surface area contributed by atoms with E-state index in [0.717, 1.165) is 15.7 Å². The second-order valence-corrected chi connectivity index (χ2v) is 5.53. The monoisotopic (exact) mass is 354 g/mol. The quantitative estimate of drug-likeness (QED) is 0.712. The van der Waals surface area contributed by atoms with Crippen molar-refractivity contribution in [1.29, 1.82) is 0 Å². The van der Waals surface area contributed by atoms with Crippen molar-refractivity contribution in [3.8, 4) is 0 Å². The third-order valence-corrected chi connectivity index (χ3v) is 4.03. The van der Waals surface area contributed by atoms with E-state index in [0.29, 0.717) is 11.4 Å². The molecular formula is C14H12BrClN2O2. The molecule has 104 valence electrons. The fourth-order valence-electron chi connectivity index (χ4n) is 1.80. The van der Waals surface area contributed by atoms with Crippen molar-refractivity contribution in [2.24, 2.45) is 0 Å². The highest BCUT2D eigenvalue weighted by atomic mass is 79.9. The van der Waals surface area contributed by atoms with Crippen LogP contribution < -0.4 is 11.1 Å². The fraction of sp³-hybridized carbons (Fsp3) is 0.0714. The lowest BCUT2D eigenvalue weighted by Gasteiger charge is -2.15. The number of aromatic carboxylic acids is 1. The minimum atomic E-state index is -1.09. The molecule has 20 heavy (non-hydrogen) atoms. The summed E-state index contributed by atoms with van der Waals surface area (Å²) in [6.07, 6.45) is 0. The summed E-state index contributed by atoms with van der Waals surface area (Å²) in [6, 6.07) is 8.50. The van der Waals surface area contributed by atoms with E-state index < -0.39 is 5.97 Å². The van der Waals surface area contributed by atoms with Crippen molar-refractivity contribution in [2.75, 3.05) is 11.1 Å². The van der Waals surface area contributed by atoms with E-state index in [1.54, 1.807) is 0 Å². The van der Waals surface area contributed by atoms with Gasteiger partial charge in [0.15, 0.2) is 0 Å². The first kappa shape index (κ1) is 14.7. The first-order valence-corrected chi connectivity index (χ1v) is 6.91. The van der Waals surface area contributed by atoms with E-state index in [2.05, 4.69) is 21.2 Å². The number of carboxylic acids is 1. The molecular weight excluding hydrogens is 344 g/mol. The van der Waals surface area contributed by atoms with Gasteiger partial charge in [-0.1, -0.05) is 33.6 Å². The third-order valence-electron chi connectivity index (χ3n) is 2.87. The van der Waals surface area contributed by atoms with E-state index in [-0.39, 0.29) is 10.6 Å². The number of nitrogens with one attached hydrogen (secondary N) is 1. The van der Waals surface area contributed by atoms with Crippen LogP contribution in [0.4, 0.5) is 17.1 Å². The summed E-state index contributed by atoms with van der Waals surface area (Å²) in [5.41, 5.74) is 8.03. The van der Waals surface area contributed by atoms with Gasteiger partial charge < -0.3 is 16.2 Å². The van der Waals surface area contributed by atoms with Crippen molar-refractivity contribution in [3.05, 3.63) is 51.0 Å². The maximum atomic E-state index is 11.3. The van der Waals surface area contributed by atoms with Gasteiger partial charge in [-0.3, -0.25) is 0 Å². The molecule has 0 amide bonds. The SMILES string of the molecule is Cc1c(Br)cccc1Nc1c(Cl)cc(N)cc1C(=O)O. The molecule has 0 atom stereocenters. The number of nitrogen functional groups attached to an aromatic ring is 1. The molecule has 2 rings (SSSR count). The smallest absolute Gasteiger partial charge is 0.337 e. The molecule has 0 heterocycles. The second-order valence-electron chi connectivity index (χ2n) is 4.27. The van der Waals surface area contributed by atoms with Gasteiger partial charge in [-0.25, -0.2) is 4.79 Å². The predicted molar refractivity (Wildman–Crippen MR) is 85.0 cm³/mol. The lowest BCUT2D eigenvalue weighted by molar-refractivity contribution is 0.0698. The summed E-state index contributed by atoms with van der Waals surface area (Å²) >= 11 is 9.53. The maximum Gasteiger partial charge on any atom is 0.337 e. The van der Waals surface area contributed by atoms with E-state index in [9.17, 15) is 9.90 Å². The summed E-state index contributed by atoms with van der Waals surface area (Å²) in [7, 11) is 0. The molecule has 0 saturated carbocycles. The number of carboxylic acid groups (broad SMARTS) is 1. The minimum absolute atomic E-state index is 0.0365. The summed E-state index contributed by atoms with van der Waals surface area (Å²) in [5.74, 6) is -1.09. The molecule has 0 spiro atoms. The van der Waals surface area contributed by atoms with Crippen molar-refractivity contribution in [1.82, 2.24) is 0 Å². The summed E-state index contributed by atoms with van der Waals surface area (Å²) in [4.78, 5) is 11.3. The van der Waals surface area contributed by atoms with Crippen LogP contribution in [0.3, 0.4) is 0 Å². The van der Waals surface area contributed by atoms with Crippen LogP contribution in [-0.2, 0) is 0 Å². The van der Waals surface area contributed by atoms with Gasteiger partial charge in [-0.15, -0.1) is 0 Å². The summed E-state index contributed by atoms with van der Waals surface area (Å²) in [6.45, 7) is 1.91. The van der Waals surface area contributed by atoms with Gasteiger partial charge in [0.2, 0.25) is 0 Å².